The second-order valence-electron chi connectivity index (χ2n) is 5.25. The monoisotopic (exact) mass is 282 g/mol. The highest BCUT2D eigenvalue weighted by atomic mass is 79.9. The normalized spacial score (nSPS) is 13.8. The molecule has 0 amide bonds. The number of alkyl halides is 1. The molecule has 0 nitrogen and oxygen atoms in total. The first-order valence-electron chi connectivity index (χ1n) is 6.17. The number of benzene rings is 1. The smallest absolute Gasteiger partial charge is 0.00395 e. The van der Waals surface area contributed by atoms with E-state index in [-0.39, 0.29) is 5.41 Å². The van der Waals surface area contributed by atoms with Crippen molar-refractivity contribution < 1.29 is 0 Å². The van der Waals surface area contributed by atoms with Crippen LogP contribution >= 0.6 is 15.9 Å². The fourth-order valence-corrected chi connectivity index (χ4v) is 2.87. The van der Waals surface area contributed by atoms with Gasteiger partial charge in [-0.1, -0.05) is 67.9 Å². The van der Waals surface area contributed by atoms with Gasteiger partial charge in [0, 0.05) is 5.33 Å². The Kier molecular flexibility index (Phi) is 5.04. The average Bonchev–Trinajstić information content (AvgIpc) is 2.28. The van der Waals surface area contributed by atoms with E-state index in [0.717, 1.165) is 5.33 Å². The predicted molar refractivity (Wildman–Crippen MR) is 76.6 cm³/mol. The molecule has 0 heterocycles. The van der Waals surface area contributed by atoms with Gasteiger partial charge in [-0.05, 0) is 35.3 Å². The lowest BCUT2D eigenvalue weighted by molar-refractivity contribution is 0.512. The van der Waals surface area contributed by atoms with Crippen molar-refractivity contribution in [3.8, 4) is 0 Å². The summed E-state index contributed by atoms with van der Waals surface area (Å²) in [4.78, 5) is 0. The van der Waals surface area contributed by atoms with Crippen molar-refractivity contribution in [2.75, 3.05) is 5.33 Å². The second kappa shape index (κ2) is 5.86. The number of hydrogen-bond donors (Lipinski definition) is 0. The highest BCUT2D eigenvalue weighted by Crippen LogP contribution is 2.29. The SMILES string of the molecule is CCC(C)c1ccc(C(C)(C)CCBr)cc1. The predicted octanol–water partition coefficient (Wildman–Crippen LogP) is 5.26. The van der Waals surface area contributed by atoms with E-state index >= 15 is 0 Å². The van der Waals surface area contributed by atoms with Crippen LogP contribution in [-0.2, 0) is 5.41 Å². The minimum absolute atomic E-state index is 0.275. The van der Waals surface area contributed by atoms with Gasteiger partial charge in [0.15, 0.2) is 0 Å². The quantitative estimate of drug-likeness (QED) is 0.646. The molecule has 1 atom stereocenters. The third-order valence-electron chi connectivity index (χ3n) is 3.59. The van der Waals surface area contributed by atoms with Crippen LogP contribution in [0.25, 0.3) is 0 Å². The maximum absolute atomic E-state index is 3.53. The first-order chi connectivity index (χ1) is 7.51. The molecule has 90 valence electrons. The van der Waals surface area contributed by atoms with E-state index in [0.29, 0.717) is 5.92 Å². The van der Waals surface area contributed by atoms with Crippen LogP contribution in [0, 0.1) is 0 Å². The zero-order valence-electron chi connectivity index (χ0n) is 10.9. The molecule has 0 bridgehead atoms. The maximum Gasteiger partial charge on any atom is 0.00395 e. The van der Waals surface area contributed by atoms with Crippen molar-refractivity contribution in [2.45, 2.75) is 51.9 Å². The first kappa shape index (κ1) is 13.8. The lowest BCUT2D eigenvalue weighted by atomic mass is 9.81. The Hall–Kier alpha value is -0.300. The average molecular weight is 283 g/mol. The van der Waals surface area contributed by atoms with Gasteiger partial charge >= 0.3 is 0 Å². The molecule has 0 saturated heterocycles. The summed E-state index contributed by atoms with van der Waals surface area (Å²) in [5.74, 6) is 0.674. The zero-order valence-corrected chi connectivity index (χ0v) is 12.5. The Morgan fingerprint density at radius 2 is 1.75 bits per heavy atom. The topological polar surface area (TPSA) is 0 Å². The molecule has 0 aliphatic carbocycles. The van der Waals surface area contributed by atoms with Crippen LogP contribution in [0.1, 0.15) is 57.6 Å². The summed E-state index contributed by atoms with van der Waals surface area (Å²) < 4.78 is 0. The van der Waals surface area contributed by atoms with E-state index in [9.17, 15) is 0 Å². The van der Waals surface area contributed by atoms with Crippen LogP contribution < -0.4 is 0 Å². The summed E-state index contributed by atoms with van der Waals surface area (Å²) in [5, 5.41) is 1.06. The first-order valence-corrected chi connectivity index (χ1v) is 7.30. The van der Waals surface area contributed by atoms with Crippen molar-refractivity contribution in [3.05, 3.63) is 35.4 Å². The van der Waals surface area contributed by atoms with E-state index in [2.05, 4.69) is 67.9 Å². The van der Waals surface area contributed by atoms with Crippen LogP contribution in [-0.4, -0.2) is 5.33 Å². The third kappa shape index (κ3) is 3.35. The number of hydrogen-bond acceptors (Lipinski definition) is 0. The van der Waals surface area contributed by atoms with Crippen LogP contribution in [0.2, 0.25) is 0 Å². The van der Waals surface area contributed by atoms with Crippen molar-refractivity contribution >= 4 is 15.9 Å². The molecule has 1 rings (SSSR count). The summed E-state index contributed by atoms with van der Waals surface area (Å²) in [7, 11) is 0. The van der Waals surface area contributed by atoms with E-state index in [1.54, 1.807) is 0 Å². The maximum atomic E-state index is 3.53. The summed E-state index contributed by atoms with van der Waals surface area (Å²) in [6.07, 6.45) is 2.39. The van der Waals surface area contributed by atoms with Gasteiger partial charge in [-0.25, -0.2) is 0 Å². The van der Waals surface area contributed by atoms with Crippen LogP contribution in [0.3, 0.4) is 0 Å². The molecule has 0 aliphatic rings. The molecule has 0 aliphatic heterocycles. The van der Waals surface area contributed by atoms with Crippen molar-refractivity contribution in [1.82, 2.24) is 0 Å². The van der Waals surface area contributed by atoms with Gasteiger partial charge in [-0.15, -0.1) is 0 Å². The lowest BCUT2D eigenvalue weighted by Gasteiger charge is -2.25. The van der Waals surface area contributed by atoms with Gasteiger partial charge < -0.3 is 0 Å². The highest BCUT2D eigenvalue weighted by molar-refractivity contribution is 9.09. The van der Waals surface area contributed by atoms with Gasteiger partial charge in [0.05, 0.1) is 0 Å². The molecule has 0 aromatic heterocycles. The lowest BCUT2D eigenvalue weighted by Crippen LogP contribution is -2.17. The van der Waals surface area contributed by atoms with Crippen LogP contribution in [0.5, 0.6) is 0 Å². The van der Waals surface area contributed by atoms with E-state index in [1.165, 1.54) is 24.0 Å². The second-order valence-corrected chi connectivity index (χ2v) is 6.05. The molecule has 0 radical (unpaired) electrons. The van der Waals surface area contributed by atoms with Gasteiger partial charge in [0.25, 0.3) is 0 Å². The van der Waals surface area contributed by atoms with Crippen molar-refractivity contribution in [3.63, 3.8) is 0 Å². The summed E-state index contributed by atoms with van der Waals surface area (Å²) in [5.41, 5.74) is 3.18. The molecule has 0 saturated carbocycles. The molecule has 0 N–H and O–H groups in total. The minimum atomic E-state index is 0.275. The molecule has 1 aromatic rings. The molecule has 1 heteroatoms. The molecule has 1 aromatic carbocycles. The van der Waals surface area contributed by atoms with E-state index in [4.69, 9.17) is 0 Å². The third-order valence-corrected chi connectivity index (χ3v) is 3.99. The number of halogens is 1. The molecule has 0 fully saturated rings. The Balaban J connectivity index is 2.86. The molecule has 0 spiro atoms. The Labute approximate surface area is 109 Å². The fraction of sp³-hybridized carbons (Fsp3) is 0.600. The van der Waals surface area contributed by atoms with Gasteiger partial charge in [-0.2, -0.15) is 0 Å². The summed E-state index contributed by atoms with van der Waals surface area (Å²) in [6.45, 7) is 9.16. The summed E-state index contributed by atoms with van der Waals surface area (Å²) in [6, 6.07) is 9.17. The van der Waals surface area contributed by atoms with Crippen molar-refractivity contribution in [2.24, 2.45) is 0 Å². The van der Waals surface area contributed by atoms with Gasteiger partial charge in [0.1, 0.15) is 0 Å². The zero-order chi connectivity index (χ0) is 12.2. The number of rotatable bonds is 5. The van der Waals surface area contributed by atoms with Crippen LogP contribution in [0.15, 0.2) is 24.3 Å². The molecule has 1 unspecified atom stereocenters. The van der Waals surface area contributed by atoms with Gasteiger partial charge in [-0.3, -0.25) is 0 Å². The molecular weight excluding hydrogens is 260 g/mol. The molecular formula is C15H23Br. The Bertz CT molecular complexity index is 311. The Morgan fingerprint density at radius 3 is 2.19 bits per heavy atom. The standard InChI is InChI=1S/C15H23Br/c1-5-12(2)13-6-8-14(9-7-13)15(3,4)10-11-16/h6-9,12H,5,10-11H2,1-4H3. The Morgan fingerprint density at radius 1 is 1.19 bits per heavy atom. The van der Waals surface area contributed by atoms with Gasteiger partial charge in [0.2, 0.25) is 0 Å². The largest absolute Gasteiger partial charge is 0.0928 e. The van der Waals surface area contributed by atoms with E-state index < -0.39 is 0 Å². The van der Waals surface area contributed by atoms with Crippen LogP contribution in [0.4, 0.5) is 0 Å². The molecule has 16 heavy (non-hydrogen) atoms. The summed E-state index contributed by atoms with van der Waals surface area (Å²) >= 11 is 3.53. The minimum Gasteiger partial charge on any atom is -0.0928 e. The van der Waals surface area contributed by atoms with E-state index in [1.807, 2.05) is 0 Å². The highest BCUT2D eigenvalue weighted by Gasteiger charge is 2.19. The van der Waals surface area contributed by atoms with Crippen molar-refractivity contribution in [1.29, 1.82) is 0 Å². The fourth-order valence-electron chi connectivity index (χ4n) is 1.88.